The fourth-order valence-electron chi connectivity index (χ4n) is 1.98. The minimum Gasteiger partial charge on any atom is -0.337 e. The first-order chi connectivity index (χ1) is 8.49. The van der Waals surface area contributed by atoms with E-state index < -0.39 is 10.8 Å². The number of rotatable bonds is 2. The van der Waals surface area contributed by atoms with Gasteiger partial charge in [-0.3, -0.25) is 14.9 Å². The second kappa shape index (κ2) is 6.18. The molecule has 0 unspecified atom stereocenters. The van der Waals surface area contributed by atoms with E-state index in [1.807, 2.05) is 0 Å². The van der Waals surface area contributed by atoms with E-state index in [0.29, 0.717) is 24.5 Å². The fraction of sp³-hybridized carbons (Fsp3) is 0.364. The van der Waals surface area contributed by atoms with Crippen LogP contribution in [0.4, 0.5) is 5.69 Å². The molecule has 0 aliphatic carbocycles. The Morgan fingerprint density at radius 1 is 1.53 bits per heavy atom. The lowest BCUT2D eigenvalue weighted by molar-refractivity contribution is -0.385. The molecule has 1 aromatic carbocycles. The summed E-state index contributed by atoms with van der Waals surface area (Å²) in [5, 5.41) is 11.2. The van der Waals surface area contributed by atoms with Gasteiger partial charge in [0.2, 0.25) is 0 Å². The molecule has 2 rings (SSSR count). The zero-order chi connectivity index (χ0) is 13.3. The van der Waals surface area contributed by atoms with Gasteiger partial charge < -0.3 is 10.6 Å². The molecule has 6 nitrogen and oxygen atoms in total. The molecule has 1 fully saturated rings. The third kappa shape index (κ3) is 3.34. The van der Waals surface area contributed by atoms with Crippen LogP contribution in [0.2, 0.25) is 5.02 Å². The van der Waals surface area contributed by atoms with Crippen LogP contribution in [-0.4, -0.2) is 34.9 Å². The van der Waals surface area contributed by atoms with E-state index >= 15 is 0 Å². The van der Waals surface area contributed by atoms with Crippen LogP contribution in [0.3, 0.4) is 0 Å². The molecule has 0 radical (unpaired) electrons. The molecular formula is C11H13Cl2N3O3. The maximum Gasteiger partial charge on any atom is 0.282 e. The van der Waals surface area contributed by atoms with Gasteiger partial charge in [-0.25, -0.2) is 0 Å². The summed E-state index contributed by atoms with van der Waals surface area (Å²) in [5.74, 6) is -0.392. The van der Waals surface area contributed by atoms with Crippen LogP contribution in [0.1, 0.15) is 16.8 Å². The number of carbonyl (C=O) groups is 1. The summed E-state index contributed by atoms with van der Waals surface area (Å²) in [6.45, 7) is 0.937. The van der Waals surface area contributed by atoms with E-state index in [1.54, 1.807) is 0 Å². The summed E-state index contributed by atoms with van der Waals surface area (Å²) < 4.78 is 0. The first kappa shape index (κ1) is 15.7. The Morgan fingerprint density at radius 3 is 2.74 bits per heavy atom. The van der Waals surface area contributed by atoms with E-state index in [-0.39, 0.29) is 29.7 Å². The van der Waals surface area contributed by atoms with Crippen LogP contribution in [0.5, 0.6) is 0 Å². The van der Waals surface area contributed by atoms with Crippen molar-refractivity contribution in [3.05, 3.63) is 38.9 Å². The zero-order valence-corrected chi connectivity index (χ0v) is 11.5. The number of nitrogens with two attached hydrogens (primary N) is 1. The van der Waals surface area contributed by atoms with Gasteiger partial charge in [0, 0.05) is 30.2 Å². The highest BCUT2D eigenvalue weighted by molar-refractivity contribution is 6.31. The molecule has 1 amide bonds. The molecule has 0 bridgehead atoms. The molecule has 0 saturated carbocycles. The highest BCUT2D eigenvalue weighted by atomic mass is 35.5. The molecule has 104 valence electrons. The number of nitro groups is 1. The third-order valence-corrected chi connectivity index (χ3v) is 3.13. The predicted octanol–water partition coefficient (Wildman–Crippen LogP) is 1.84. The van der Waals surface area contributed by atoms with Gasteiger partial charge in [0.15, 0.2) is 0 Å². The Morgan fingerprint density at radius 2 is 2.21 bits per heavy atom. The summed E-state index contributed by atoms with van der Waals surface area (Å²) in [5.41, 5.74) is 5.50. The second-order valence-corrected chi connectivity index (χ2v) is 4.65. The van der Waals surface area contributed by atoms with E-state index in [4.69, 9.17) is 17.3 Å². The number of hydrogen-bond donors (Lipinski definition) is 1. The van der Waals surface area contributed by atoms with Crippen molar-refractivity contribution in [2.75, 3.05) is 13.1 Å². The van der Waals surface area contributed by atoms with Crippen LogP contribution < -0.4 is 5.73 Å². The summed E-state index contributed by atoms with van der Waals surface area (Å²) in [6.07, 6.45) is 0.708. The third-order valence-electron chi connectivity index (χ3n) is 2.90. The second-order valence-electron chi connectivity index (χ2n) is 4.22. The molecule has 1 aliphatic heterocycles. The number of benzene rings is 1. The fourth-order valence-corrected chi connectivity index (χ4v) is 2.15. The van der Waals surface area contributed by atoms with Crippen LogP contribution in [0.15, 0.2) is 18.2 Å². The van der Waals surface area contributed by atoms with Gasteiger partial charge in [-0.05, 0) is 18.6 Å². The van der Waals surface area contributed by atoms with E-state index in [0.717, 1.165) is 0 Å². The number of nitrogens with zero attached hydrogens (tertiary/aromatic N) is 2. The number of likely N-dealkylation sites (tertiary alicyclic amines) is 1. The molecule has 1 atom stereocenters. The standard InChI is InChI=1S/C11H12ClN3O3.ClH/c12-7-1-2-10(15(17)18)9(5-7)11(16)14-4-3-8(13)6-14;/h1-2,5,8H,3-4,6,13H2;1H/t8-;/m1./s1. The van der Waals surface area contributed by atoms with Crippen LogP contribution >= 0.6 is 24.0 Å². The van der Waals surface area contributed by atoms with E-state index in [9.17, 15) is 14.9 Å². The van der Waals surface area contributed by atoms with Gasteiger partial charge in [-0.1, -0.05) is 11.6 Å². The molecule has 19 heavy (non-hydrogen) atoms. The lowest BCUT2D eigenvalue weighted by atomic mass is 10.1. The van der Waals surface area contributed by atoms with Crippen molar-refractivity contribution in [3.8, 4) is 0 Å². The van der Waals surface area contributed by atoms with Crippen LogP contribution in [0.25, 0.3) is 0 Å². The van der Waals surface area contributed by atoms with Crippen LogP contribution in [-0.2, 0) is 0 Å². The minimum absolute atomic E-state index is 0. The van der Waals surface area contributed by atoms with Gasteiger partial charge in [-0.2, -0.15) is 0 Å². The van der Waals surface area contributed by atoms with Crippen molar-refractivity contribution in [1.29, 1.82) is 0 Å². The molecule has 1 heterocycles. The molecule has 2 N–H and O–H groups in total. The summed E-state index contributed by atoms with van der Waals surface area (Å²) in [6, 6.07) is 3.90. The Labute approximate surface area is 121 Å². The van der Waals surface area contributed by atoms with Crippen LogP contribution in [0, 0.1) is 10.1 Å². The summed E-state index contributed by atoms with van der Waals surface area (Å²) in [7, 11) is 0. The van der Waals surface area contributed by atoms with Crippen molar-refractivity contribution in [1.82, 2.24) is 4.90 Å². The maximum absolute atomic E-state index is 12.2. The number of halogens is 2. The summed E-state index contributed by atoms with van der Waals surface area (Å²) >= 11 is 5.78. The minimum atomic E-state index is -0.584. The largest absolute Gasteiger partial charge is 0.337 e. The highest BCUT2D eigenvalue weighted by Crippen LogP contribution is 2.25. The Kier molecular flexibility index (Phi) is 5.11. The number of nitro benzene ring substituents is 1. The smallest absolute Gasteiger partial charge is 0.282 e. The van der Waals surface area contributed by atoms with Gasteiger partial charge in [0.1, 0.15) is 5.56 Å². The summed E-state index contributed by atoms with van der Waals surface area (Å²) in [4.78, 5) is 24.0. The Bertz CT molecular complexity index is 510. The molecule has 8 heteroatoms. The average molecular weight is 306 g/mol. The predicted molar refractivity (Wildman–Crippen MR) is 73.9 cm³/mol. The van der Waals surface area contributed by atoms with Crippen molar-refractivity contribution in [3.63, 3.8) is 0 Å². The molecule has 1 aromatic rings. The SMILES string of the molecule is Cl.N[C@@H]1CCN(C(=O)c2cc(Cl)ccc2[N+](=O)[O-])C1. The van der Waals surface area contributed by atoms with Crippen molar-refractivity contribution < 1.29 is 9.72 Å². The molecule has 0 aromatic heterocycles. The molecule has 1 aliphatic rings. The number of carbonyl (C=O) groups excluding carboxylic acids is 1. The number of hydrogen-bond acceptors (Lipinski definition) is 4. The quantitative estimate of drug-likeness (QED) is 0.667. The van der Waals surface area contributed by atoms with Gasteiger partial charge in [0.25, 0.3) is 11.6 Å². The lowest BCUT2D eigenvalue weighted by Crippen LogP contribution is -2.32. The zero-order valence-electron chi connectivity index (χ0n) is 9.91. The average Bonchev–Trinajstić information content (AvgIpc) is 2.74. The molecule has 1 saturated heterocycles. The van der Waals surface area contributed by atoms with E-state index in [2.05, 4.69) is 0 Å². The molecule has 0 spiro atoms. The van der Waals surface area contributed by atoms with Crippen molar-refractivity contribution in [2.24, 2.45) is 5.73 Å². The number of amides is 1. The van der Waals surface area contributed by atoms with Gasteiger partial charge >= 0.3 is 0 Å². The lowest BCUT2D eigenvalue weighted by Gasteiger charge is -2.15. The maximum atomic E-state index is 12.2. The topological polar surface area (TPSA) is 89.5 Å². The molecular weight excluding hydrogens is 293 g/mol. The van der Waals surface area contributed by atoms with Gasteiger partial charge in [-0.15, -0.1) is 12.4 Å². The highest BCUT2D eigenvalue weighted by Gasteiger charge is 2.29. The Balaban J connectivity index is 0.00000180. The first-order valence-electron chi connectivity index (χ1n) is 5.48. The van der Waals surface area contributed by atoms with Crippen molar-refractivity contribution in [2.45, 2.75) is 12.5 Å². The normalized spacial score (nSPS) is 18.0. The van der Waals surface area contributed by atoms with Gasteiger partial charge in [0.05, 0.1) is 4.92 Å². The first-order valence-corrected chi connectivity index (χ1v) is 5.85. The van der Waals surface area contributed by atoms with Crippen molar-refractivity contribution >= 4 is 35.6 Å². The van der Waals surface area contributed by atoms with E-state index in [1.165, 1.54) is 23.1 Å². The Hall–Kier alpha value is -1.37. The monoisotopic (exact) mass is 305 g/mol.